The van der Waals surface area contributed by atoms with Crippen LogP contribution in [0.15, 0.2) is 24.5 Å². The van der Waals surface area contributed by atoms with E-state index in [2.05, 4.69) is 10.7 Å². The maximum atomic E-state index is 8.58. The number of pyridine rings is 1. The van der Waals surface area contributed by atoms with Gasteiger partial charge in [-0.2, -0.15) is 0 Å². The van der Waals surface area contributed by atoms with E-state index in [0.717, 1.165) is 0 Å². The second kappa shape index (κ2) is 5.75. The first kappa shape index (κ1) is 8.62. The standard InChI is InChI=1S/C6H7N.CH3NO/c1-6-3-2-4-7-5-6;2-1-3/h2-5H,1H3;1H,(H2,2,3). The Kier molecular flexibility index (Phi) is 4.96. The van der Waals surface area contributed by atoms with E-state index >= 15 is 0 Å². The molecular weight excluding hydrogens is 128 g/mol. The van der Waals surface area contributed by atoms with Crippen molar-refractivity contribution in [2.24, 2.45) is 5.73 Å². The Labute approximate surface area is 59.9 Å². The average Bonchev–Trinajstić information content (AvgIpc) is 1.91. The Morgan fingerprint density at radius 2 is 2.30 bits per heavy atom. The van der Waals surface area contributed by atoms with Crippen molar-refractivity contribution in [2.75, 3.05) is 0 Å². The van der Waals surface area contributed by atoms with Crippen molar-refractivity contribution in [1.82, 2.24) is 4.98 Å². The van der Waals surface area contributed by atoms with Crippen LogP contribution in [0.2, 0.25) is 0 Å². The minimum Gasteiger partial charge on any atom is -0.372 e. The van der Waals surface area contributed by atoms with E-state index < -0.39 is 0 Å². The lowest BCUT2D eigenvalue weighted by atomic mass is 10.3. The molecule has 0 spiro atoms. The highest BCUT2D eigenvalue weighted by atomic mass is 16.1. The van der Waals surface area contributed by atoms with E-state index in [1.807, 2.05) is 25.3 Å². The van der Waals surface area contributed by atoms with Gasteiger partial charge in [-0.05, 0) is 18.6 Å². The molecular formula is C7H10N2O. The molecule has 1 aromatic rings. The summed E-state index contributed by atoms with van der Waals surface area (Å²) in [4.78, 5) is 12.5. The number of aromatic nitrogens is 1. The summed E-state index contributed by atoms with van der Waals surface area (Å²) in [5, 5.41) is 0. The van der Waals surface area contributed by atoms with Crippen LogP contribution in [-0.2, 0) is 4.79 Å². The van der Waals surface area contributed by atoms with Crippen LogP contribution in [0.25, 0.3) is 0 Å². The predicted molar refractivity (Wildman–Crippen MR) is 39.2 cm³/mol. The molecule has 1 rings (SSSR count). The van der Waals surface area contributed by atoms with Crippen LogP contribution in [0, 0.1) is 6.92 Å². The monoisotopic (exact) mass is 138 g/mol. The fourth-order valence-electron chi connectivity index (χ4n) is 0.448. The van der Waals surface area contributed by atoms with Crippen LogP contribution >= 0.6 is 0 Å². The molecule has 0 radical (unpaired) electrons. The van der Waals surface area contributed by atoms with Crippen molar-refractivity contribution >= 4 is 6.41 Å². The maximum Gasteiger partial charge on any atom is 0.204 e. The Balaban J connectivity index is 0.000000236. The molecule has 0 atom stereocenters. The van der Waals surface area contributed by atoms with E-state index in [0.29, 0.717) is 0 Å². The van der Waals surface area contributed by atoms with Gasteiger partial charge in [0.2, 0.25) is 6.41 Å². The molecule has 0 bridgehead atoms. The molecule has 0 unspecified atom stereocenters. The second-order valence-corrected chi connectivity index (χ2v) is 1.67. The zero-order valence-electron chi connectivity index (χ0n) is 5.82. The third kappa shape index (κ3) is 4.77. The smallest absolute Gasteiger partial charge is 0.204 e. The zero-order valence-corrected chi connectivity index (χ0v) is 5.82. The van der Waals surface area contributed by atoms with Crippen molar-refractivity contribution < 1.29 is 4.79 Å². The predicted octanol–water partition coefficient (Wildman–Crippen LogP) is 0.492. The van der Waals surface area contributed by atoms with E-state index in [1.54, 1.807) is 6.20 Å². The third-order valence-corrected chi connectivity index (χ3v) is 0.809. The molecule has 1 amide bonds. The first-order chi connectivity index (χ1) is 4.81. The summed E-state index contributed by atoms with van der Waals surface area (Å²) >= 11 is 0. The number of aryl methyl sites for hydroxylation is 1. The number of amides is 1. The molecule has 54 valence electrons. The highest BCUT2D eigenvalue weighted by molar-refractivity contribution is 5.42. The van der Waals surface area contributed by atoms with E-state index in [-0.39, 0.29) is 6.41 Å². The van der Waals surface area contributed by atoms with Crippen molar-refractivity contribution in [3.8, 4) is 0 Å². The lowest BCUT2D eigenvalue weighted by Gasteiger charge is -1.82. The van der Waals surface area contributed by atoms with Gasteiger partial charge in [-0.3, -0.25) is 9.78 Å². The van der Waals surface area contributed by atoms with Crippen molar-refractivity contribution in [3.63, 3.8) is 0 Å². The molecule has 0 aliphatic rings. The lowest BCUT2D eigenvalue weighted by Crippen LogP contribution is -1.82. The summed E-state index contributed by atoms with van der Waals surface area (Å²) in [6, 6.07) is 3.95. The van der Waals surface area contributed by atoms with Gasteiger partial charge in [-0.15, -0.1) is 0 Å². The number of hydrogen-bond donors (Lipinski definition) is 1. The molecule has 0 saturated carbocycles. The summed E-state index contributed by atoms with van der Waals surface area (Å²) in [5.41, 5.74) is 5.38. The van der Waals surface area contributed by atoms with Crippen molar-refractivity contribution in [2.45, 2.75) is 6.92 Å². The summed E-state index contributed by atoms with van der Waals surface area (Å²) in [7, 11) is 0. The quantitative estimate of drug-likeness (QED) is 0.530. The third-order valence-electron chi connectivity index (χ3n) is 0.809. The molecule has 0 saturated heterocycles. The number of hydrogen-bond acceptors (Lipinski definition) is 2. The van der Waals surface area contributed by atoms with Gasteiger partial charge in [0, 0.05) is 12.4 Å². The van der Waals surface area contributed by atoms with Gasteiger partial charge in [-0.25, -0.2) is 0 Å². The number of primary amides is 1. The molecule has 0 aliphatic carbocycles. The van der Waals surface area contributed by atoms with Crippen LogP contribution in [0.4, 0.5) is 0 Å². The molecule has 1 heterocycles. The minimum atomic E-state index is 0.250. The Morgan fingerprint density at radius 1 is 1.70 bits per heavy atom. The number of nitrogens with two attached hydrogens (primary N) is 1. The molecule has 10 heavy (non-hydrogen) atoms. The Morgan fingerprint density at radius 3 is 2.50 bits per heavy atom. The summed E-state index contributed by atoms with van der Waals surface area (Å²) in [6.45, 7) is 2.02. The largest absolute Gasteiger partial charge is 0.372 e. The highest BCUT2D eigenvalue weighted by Crippen LogP contribution is 1.88. The maximum absolute atomic E-state index is 8.58. The van der Waals surface area contributed by atoms with Crippen LogP contribution in [-0.4, -0.2) is 11.4 Å². The van der Waals surface area contributed by atoms with E-state index in [4.69, 9.17) is 4.79 Å². The van der Waals surface area contributed by atoms with Crippen LogP contribution in [0.5, 0.6) is 0 Å². The zero-order chi connectivity index (χ0) is 7.82. The molecule has 3 nitrogen and oxygen atoms in total. The average molecular weight is 138 g/mol. The minimum absolute atomic E-state index is 0.250. The van der Waals surface area contributed by atoms with E-state index in [9.17, 15) is 0 Å². The fourth-order valence-corrected chi connectivity index (χ4v) is 0.448. The van der Waals surface area contributed by atoms with Gasteiger partial charge in [0.25, 0.3) is 0 Å². The van der Waals surface area contributed by atoms with Gasteiger partial charge >= 0.3 is 0 Å². The van der Waals surface area contributed by atoms with Crippen LogP contribution in [0.1, 0.15) is 5.56 Å². The van der Waals surface area contributed by atoms with Gasteiger partial charge in [0.05, 0.1) is 0 Å². The first-order valence-corrected chi connectivity index (χ1v) is 2.83. The molecule has 0 fully saturated rings. The molecule has 3 heteroatoms. The number of nitrogens with zero attached hydrogens (tertiary/aromatic N) is 1. The Bertz CT molecular complexity index is 174. The number of rotatable bonds is 0. The molecule has 1 aromatic heterocycles. The SMILES string of the molecule is Cc1cccnc1.NC=O. The molecule has 2 N–H and O–H groups in total. The first-order valence-electron chi connectivity index (χ1n) is 2.83. The normalized spacial score (nSPS) is 7.30. The fraction of sp³-hybridized carbons (Fsp3) is 0.143. The number of carbonyl (C=O) groups is 1. The second-order valence-electron chi connectivity index (χ2n) is 1.67. The van der Waals surface area contributed by atoms with Crippen LogP contribution < -0.4 is 5.73 Å². The Hall–Kier alpha value is -1.38. The summed E-state index contributed by atoms with van der Waals surface area (Å²) < 4.78 is 0. The van der Waals surface area contributed by atoms with E-state index in [1.165, 1.54) is 5.56 Å². The molecule has 0 aliphatic heterocycles. The van der Waals surface area contributed by atoms with Crippen molar-refractivity contribution in [3.05, 3.63) is 30.1 Å². The van der Waals surface area contributed by atoms with Crippen molar-refractivity contribution in [1.29, 1.82) is 0 Å². The van der Waals surface area contributed by atoms with Gasteiger partial charge in [0.1, 0.15) is 0 Å². The van der Waals surface area contributed by atoms with Gasteiger partial charge < -0.3 is 5.73 Å². The summed E-state index contributed by atoms with van der Waals surface area (Å²) in [5.74, 6) is 0. The van der Waals surface area contributed by atoms with Gasteiger partial charge in [-0.1, -0.05) is 6.07 Å². The lowest BCUT2D eigenvalue weighted by molar-refractivity contribution is -0.106. The van der Waals surface area contributed by atoms with Gasteiger partial charge in [0.15, 0.2) is 0 Å². The topological polar surface area (TPSA) is 56.0 Å². The number of carbonyl (C=O) groups excluding carboxylic acids is 1. The highest BCUT2D eigenvalue weighted by Gasteiger charge is 1.73. The van der Waals surface area contributed by atoms with Crippen LogP contribution in [0.3, 0.4) is 0 Å². The summed E-state index contributed by atoms with van der Waals surface area (Å²) in [6.07, 6.45) is 3.85. The molecule has 0 aromatic carbocycles.